The van der Waals surface area contributed by atoms with Gasteiger partial charge in [-0.2, -0.15) is 0 Å². The van der Waals surface area contributed by atoms with Crippen molar-refractivity contribution in [2.45, 2.75) is 19.8 Å². The molecule has 1 N–H and O–H groups in total. The summed E-state index contributed by atoms with van der Waals surface area (Å²) in [6.45, 7) is 4.09. The monoisotopic (exact) mass is 205 g/mol. The number of hydrogen-bond acceptors (Lipinski definition) is 4. The van der Waals surface area contributed by atoms with Crippen LogP contribution in [0.15, 0.2) is 23.4 Å². The van der Waals surface area contributed by atoms with Gasteiger partial charge in [0, 0.05) is 0 Å². The Morgan fingerprint density at radius 1 is 1.40 bits per heavy atom. The van der Waals surface area contributed by atoms with E-state index in [0.717, 1.165) is 5.56 Å². The number of carbonyl (C=O) groups is 1. The summed E-state index contributed by atoms with van der Waals surface area (Å²) in [5, 5.41) is 11.3. The molecule has 0 aromatic heterocycles. The molecule has 15 heavy (non-hydrogen) atoms. The summed E-state index contributed by atoms with van der Waals surface area (Å²) in [6, 6.07) is 5.40. The van der Waals surface area contributed by atoms with E-state index in [0.29, 0.717) is 17.2 Å². The van der Waals surface area contributed by atoms with Crippen LogP contribution in [0, 0.1) is 0 Å². The number of nitrogens with zero attached hydrogens (tertiary/aromatic N) is 1. The summed E-state index contributed by atoms with van der Waals surface area (Å²) in [5.41, 5.74) is 1.53. The fraction of sp³-hybridized carbons (Fsp3) is 0.273. The first kappa shape index (κ1) is 9.71. The Labute approximate surface area is 87.2 Å². The average molecular weight is 205 g/mol. The van der Waals surface area contributed by atoms with Crippen LogP contribution < -0.4 is 4.74 Å². The Balaban J connectivity index is 2.49. The van der Waals surface area contributed by atoms with E-state index < -0.39 is 0 Å². The van der Waals surface area contributed by atoms with Gasteiger partial charge in [0.05, 0.1) is 5.56 Å². The van der Waals surface area contributed by atoms with Crippen LogP contribution in [0.4, 0.5) is 0 Å². The standard InChI is InChI=1S/C11H11NO3/c1-6(2)7-3-4-9-8(5-7)10(13)11(12-14)15-9/h3-6,14H,1-2H3. The van der Waals surface area contributed by atoms with E-state index in [4.69, 9.17) is 9.94 Å². The predicted molar refractivity (Wildman–Crippen MR) is 54.7 cm³/mol. The van der Waals surface area contributed by atoms with Gasteiger partial charge in [0.15, 0.2) is 0 Å². The van der Waals surface area contributed by atoms with Gasteiger partial charge in [-0.15, -0.1) is 0 Å². The molecular formula is C11H11NO3. The fourth-order valence-corrected chi connectivity index (χ4v) is 1.50. The lowest BCUT2D eigenvalue weighted by Gasteiger charge is -2.05. The lowest BCUT2D eigenvalue weighted by Crippen LogP contribution is -2.11. The molecule has 0 bridgehead atoms. The molecule has 0 radical (unpaired) electrons. The SMILES string of the molecule is CC(C)c1ccc2c(c1)C(=O)C(=NO)O2. The second kappa shape index (κ2) is 3.38. The molecule has 0 amide bonds. The Morgan fingerprint density at radius 3 is 2.73 bits per heavy atom. The zero-order valence-electron chi connectivity index (χ0n) is 8.52. The van der Waals surface area contributed by atoms with Gasteiger partial charge in [-0.3, -0.25) is 4.79 Å². The van der Waals surface area contributed by atoms with E-state index in [-0.39, 0.29) is 11.7 Å². The van der Waals surface area contributed by atoms with E-state index >= 15 is 0 Å². The Morgan fingerprint density at radius 2 is 2.13 bits per heavy atom. The number of carbonyl (C=O) groups excluding carboxylic acids is 1. The van der Waals surface area contributed by atoms with Crippen LogP contribution in [0.5, 0.6) is 5.75 Å². The summed E-state index contributed by atoms with van der Waals surface area (Å²) in [6.07, 6.45) is 0. The van der Waals surface area contributed by atoms with Crippen LogP contribution in [-0.4, -0.2) is 16.9 Å². The lowest BCUT2D eigenvalue weighted by atomic mass is 9.99. The van der Waals surface area contributed by atoms with E-state index in [9.17, 15) is 4.79 Å². The number of hydrogen-bond donors (Lipinski definition) is 1. The maximum Gasteiger partial charge on any atom is 0.304 e. The Bertz CT molecular complexity index is 449. The highest BCUT2D eigenvalue weighted by molar-refractivity contribution is 6.46. The number of Topliss-reactive ketones (excluding diaryl/α,β-unsaturated/α-hetero) is 1. The predicted octanol–water partition coefficient (Wildman–Crippen LogP) is 2.17. The summed E-state index contributed by atoms with van der Waals surface area (Å²) in [5.74, 6) is 0.177. The lowest BCUT2D eigenvalue weighted by molar-refractivity contribution is 0.105. The number of rotatable bonds is 1. The largest absolute Gasteiger partial charge is 0.433 e. The Kier molecular flexibility index (Phi) is 2.19. The number of ether oxygens (including phenoxy) is 1. The van der Waals surface area contributed by atoms with Crippen LogP contribution >= 0.6 is 0 Å². The van der Waals surface area contributed by atoms with Gasteiger partial charge >= 0.3 is 5.90 Å². The van der Waals surface area contributed by atoms with Crippen LogP contribution in [0.25, 0.3) is 0 Å². The van der Waals surface area contributed by atoms with Gasteiger partial charge in [0.25, 0.3) is 5.78 Å². The average Bonchev–Trinajstić information content (AvgIpc) is 2.55. The van der Waals surface area contributed by atoms with Crippen molar-refractivity contribution in [3.63, 3.8) is 0 Å². The molecule has 2 rings (SSSR count). The summed E-state index contributed by atoms with van der Waals surface area (Å²) >= 11 is 0. The van der Waals surface area contributed by atoms with E-state index in [1.807, 2.05) is 19.9 Å². The highest BCUT2D eigenvalue weighted by Gasteiger charge is 2.29. The summed E-state index contributed by atoms with van der Waals surface area (Å²) < 4.78 is 5.05. The summed E-state index contributed by atoms with van der Waals surface area (Å²) in [4.78, 5) is 11.6. The van der Waals surface area contributed by atoms with Crippen molar-refractivity contribution in [2.75, 3.05) is 0 Å². The van der Waals surface area contributed by atoms with Crippen molar-refractivity contribution in [1.82, 2.24) is 0 Å². The van der Waals surface area contributed by atoms with E-state index in [1.165, 1.54) is 0 Å². The third kappa shape index (κ3) is 1.48. The van der Waals surface area contributed by atoms with Gasteiger partial charge in [0.1, 0.15) is 5.75 Å². The zero-order valence-corrected chi connectivity index (χ0v) is 8.52. The molecule has 4 heteroatoms. The number of oxime groups is 1. The number of ketones is 1. The highest BCUT2D eigenvalue weighted by Crippen LogP contribution is 2.29. The second-order valence-electron chi connectivity index (χ2n) is 3.75. The third-order valence-corrected chi connectivity index (χ3v) is 2.41. The molecular weight excluding hydrogens is 194 g/mol. The van der Waals surface area contributed by atoms with Crippen molar-refractivity contribution in [3.05, 3.63) is 29.3 Å². The molecule has 4 nitrogen and oxygen atoms in total. The van der Waals surface area contributed by atoms with Crippen LogP contribution in [0.1, 0.15) is 35.7 Å². The van der Waals surface area contributed by atoms with Crippen molar-refractivity contribution in [2.24, 2.45) is 5.16 Å². The van der Waals surface area contributed by atoms with Crippen LogP contribution in [-0.2, 0) is 0 Å². The number of benzene rings is 1. The molecule has 0 atom stereocenters. The maximum absolute atomic E-state index is 11.6. The molecule has 1 aliphatic heterocycles. The van der Waals surface area contributed by atoms with Crippen LogP contribution in [0.2, 0.25) is 0 Å². The smallest absolute Gasteiger partial charge is 0.304 e. The third-order valence-electron chi connectivity index (χ3n) is 2.41. The molecule has 1 aromatic rings. The minimum absolute atomic E-state index is 0.258. The second-order valence-corrected chi connectivity index (χ2v) is 3.75. The molecule has 0 saturated carbocycles. The molecule has 0 fully saturated rings. The molecule has 1 aliphatic rings. The van der Waals surface area contributed by atoms with Crippen LogP contribution in [0.3, 0.4) is 0 Å². The van der Waals surface area contributed by atoms with Gasteiger partial charge in [-0.1, -0.05) is 19.9 Å². The number of fused-ring (bicyclic) bond motifs is 1. The van der Waals surface area contributed by atoms with E-state index in [1.54, 1.807) is 12.1 Å². The van der Waals surface area contributed by atoms with Crippen molar-refractivity contribution in [3.8, 4) is 5.75 Å². The van der Waals surface area contributed by atoms with E-state index in [2.05, 4.69) is 5.16 Å². The zero-order chi connectivity index (χ0) is 11.0. The topological polar surface area (TPSA) is 58.9 Å². The molecule has 1 heterocycles. The molecule has 0 spiro atoms. The van der Waals surface area contributed by atoms with Gasteiger partial charge in [-0.05, 0) is 28.8 Å². The van der Waals surface area contributed by atoms with Crippen molar-refractivity contribution in [1.29, 1.82) is 0 Å². The molecule has 0 saturated heterocycles. The fourth-order valence-electron chi connectivity index (χ4n) is 1.50. The van der Waals surface area contributed by atoms with Crippen molar-refractivity contribution < 1.29 is 14.7 Å². The highest BCUT2D eigenvalue weighted by atomic mass is 16.5. The van der Waals surface area contributed by atoms with Gasteiger partial charge < -0.3 is 9.94 Å². The van der Waals surface area contributed by atoms with Gasteiger partial charge in [-0.25, -0.2) is 0 Å². The molecule has 78 valence electrons. The van der Waals surface area contributed by atoms with Gasteiger partial charge in [0.2, 0.25) is 0 Å². The first-order valence-electron chi connectivity index (χ1n) is 4.72. The normalized spacial score (nSPS) is 17.0. The van der Waals surface area contributed by atoms with Crippen molar-refractivity contribution >= 4 is 11.7 Å². The minimum atomic E-state index is -0.366. The first-order chi connectivity index (χ1) is 7.13. The maximum atomic E-state index is 11.6. The minimum Gasteiger partial charge on any atom is -0.433 e. The summed E-state index contributed by atoms with van der Waals surface area (Å²) in [7, 11) is 0. The Hall–Kier alpha value is -1.84. The first-order valence-corrected chi connectivity index (χ1v) is 4.72. The quantitative estimate of drug-likeness (QED) is 0.564. The molecule has 0 aliphatic carbocycles. The molecule has 1 aromatic carbocycles. The molecule has 0 unspecified atom stereocenters.